The van der Waals surface area contributed by atoms with Crippen LogP contribution in [-0.4, -0.2) is 41.5 Å². The summed E-state index contributed by atoms with van der Waals surface area (Å²) >= 11 is 6.39. The molecule has 0 radical (unpaired) electrons. The van der Waals surface area contributed by atoms with Crippen molar-refractivity contribution in [3.63, 3.8) is 0 Å². The van der Waals surface area contributed by atoms with Crippen LogP contribution in [0.3, 0.4) is 0 Å². The smallest absolute Gasteiger partial charge is 0.418 e. The summed E-state index contributed by atoms with van der Waals surface area (Å²) in [6, 6.07) is 16.1. The number of halogens is 1. The molecule has 162 valence electrons. The summed E-state index contributed by atoms with van der Waals surface area (Å²) in [4.78, 5) is 29.8. The number of nitrogens with zero attached hydrogens (tertiary/aromatic N) is 2. The number of aromatic nitrogens is 1. The second kappa shape index (κ2) is 9.76. The molecule has 0 aliphatic heterocycles. The van der Waals surface area contributed by atoms with E-state index in [0.717, 1.165) is 10.9 Å². The molecule has 1 amide bonds. The SMILES string of the molecule is COC(=O)N(c1ccc(CC(OC(C)C)C(=O)O)cc1)c1cc2ccccc2nc1Cl. The van der Waals surface area contributed by atoms with E-state index in [1.165, 1.54) is 12.0 Å². The van der Waals surface area contributed by atoms with Crippen LogP contribution in [-0.2, 0) is 20.7 Å². The number of amides is 1. The van der Waals surface area contributed by atoms with Gasteiger partial charge in [-0.1, -0.05) is 41.9 Å². The molecule has 8 heteroatoms. The number of aliphatic carboxylic acids is 1. The molecule has 0 aliphatic carbocycles. The fourth-order valence-corrected chi connectivity index (χ4v) is 3.42. The molecule has 1 N–H and O–H groups in total. The number of carboxylic acid groups (broad SMARTS) is 1. The predicted molar refractivity (Wildman–Crippen MR) is 119 cm³/mol. The minimum atomic E-state index is -1.03. The molecule has 1 atom stereocenters. The number of hydrogen-bond donors (Lipinski definition) is 1. The number of pyridine rings is 1. The minimum Gasteiger partial charge on any atom is -0.479 e. The van der Waals surface area contributed by atoms with Crippen LogP contribution in [0.5, 0.6) is 0 Å². The molecule has 7 nitrogen and oxygen atoms in total. The topological polar surface area (TPSA) is 89.0 Å². The summed E-state index contributed by atoms with van der Waals surface area (Å²) in [5.41, 5.74) is 2.35. The number of anilines is 2. The number of carbonyl (C=O) groups excluding carboxylic acids is 1. The molecule has 1 heterocycles. The average Bonchev–Trinajstić information content (AvgIpc) is 2.74. The van der Waals surface area contributed by atoms with Gasteiger partial charge in [0.05, 0.1) is 30.1 Å². The van der Waals surface area contributed by atoms with E-state index >= 15 is 0 Å². The van der Waals surface area contributed by atoms with E-state index in [-0.39, 0.29) is 17.7 Å². The Kier molecular flexibility index (Phi) is 7.09. The van der Waals surface area contributed by atoms with E-state index in [0.29, 0.717) is 16.9 Å². The zero-order valence-corrected chi connectivity index (χ0v) is 18.2. The van der Waals surface area contributed by atoms with Gasteiger partial charge in [-0.15, -0.1) is 0 Å². The molecule has 0 bridgehead atoms. The van der Waals surface area contributed by atoms with Gasteiger partial charge >= 0.3 is 12.1 Å². The monoisotopic (exact) mass is 442 g/mol. The Labute approximate surface area is 185 Å². The highest BCUT2D eigenvalue weighted by Gasteiger charge is 2.24. The van der Waals surface area contributed by atoms with Crippen molar-refractivity contribution < 1.29 is 24.2 Å². The summed E-state index contributed by atoms with van der Waals surface area (Å²) in [6.07, 6.45) is -1.60. The third kappa shape index (κ3) is 5.31. The van der Waals surface area contributed by atoms with Gasteiger partial charge < -0.3 is 14.6 Å². The molecule has 0 spiro atoms. The summed E-state index contributed by atoms with van der Waals surface area (Å²) in [5.74, 6) is -1.03. The van der Waals surface area contributed by atoms with Crippen LogP contribution in [0.1, 0.15) is 19.4 Å². The maximum absolute atomic E-state index is 12.6. The fraction of sp³-hybridized carbons (Fsp3) is 0.261. The van der Waals surface area contributed by atoms with E-state index in [1.807, 2.05) is 24.3 Å². The Hall–Kier alpha value is -3.16. The van der Waals surface area contributed by atoms with Gasteiger partial charge in [0.2, 0.25) is 0 Å². The summed E-state index contributed by atoms with van der Waals surface area (Å²) < 4.78 is 10.4. The molecule has 1 unspecified atom stereocenters. The highest BCUT2D eigenvalue weighted by Crippen LogP contribution is 2.34. The number of carboxylic acids is 1. The van der Waals surface area contributed by atoms with Crippen LogP contribution >= 0.6 is 11.6 Å². The van der Waals surface area contributed by atoms with Crippen molar-refractivity contribution in [2.24, 2.45) is 0 Å². The second-order valence-corrected chi connectivity index (χ2v) is 7.54. The van der Waals surface area contributed by atoms with Gasteiger partial charge in [-0.25, -0.2) is 19.5 Å². The fourth-order valence-electron chi connectivity index (χ4n) is 3.19. The van der Waals surface area contributed by atoms with Gasteiger partial charge in [0, 0.05) is 11.8 Å². The molecule has 0 saturated carbocycles. The average molecular weight is 443 g/mol. The van der Waals surface area contributed by atoms with Crippen molar-refractivity contribution in [2.45, 2.75) is 32.5 Å². The number of benzene rings is 2. The first-order valence-corrected chi connectivity index (χ1v) is 10.1. The molecular formula is C23H23ClN2O5. The number of hydrogen-bond acceptors (Lipinski definition) is 5. The van der Waals surface area contributed by atoms with E-state index in [4.69, 9.17) is 21.1 Å². The van der Waals surface area contributed by atoms with Gasteiger partial charge in [0.1, 0.15) is 0 Å². The summed E-state index contributed by atoms with van der Waals surface area (Å²) in [5, 5.41) is 10.4. The zero-order valence-electron chi connectivity index (χ0n) is 17.4. The first-order valence-electron chi connectivity index (χ1n) is 9.70. The number of fused-ring (bicyclic) bond motifs is 1. The third-order valence-electron chi connectivity index (χ3n) is 4.58. The van der Waals surface area contributed by atoms with Crippen LogP contribution in [0, 0.1) is 0 Å². The van der Waals surface area contributed by atoms with Gasteiger partial charge in [-0.05, 0) is 43.7 Å². The van der Waals surface area contributed by atoms with E-state index in [2.05, 4.69) is 4.98 Å². The Bertz CT molecular complexity index is 1090. The summed E-state index contributed by atoms with van der Waals surface area (Å²) in [7, 11) is 1.28. The third-order valence-corrected chi connectivity index (χ3v) is 4.86. The Balaban J connectivity index is 1.95. The first-order chi connectivity index (χ1) is 14.8. The van der Waals surface area contributed by atoms with Crippen LogP contribution in [0.15, 0.2) is 54.6 Å². The van der Waals surface area contributed by atoms with Crippen molar-refractivity contribution in [1.82, 2.24) is 4.98 Å². The molecule has 0 aliphatic rings. The van der Waals surface area contributed by atoms with Gasteiger partial charge in [-0.2, -0.15) is 0 Å². The van der Waals surface area contributed by atoms with E-state index < -0.39 is 18.2 Å². The first kappa shape index (κ1) is 22.5. The van der Waals surface area contributed by atoms with Gasteiger partial charge in [0.25, 0.3) is 0 Å². The number of para-hydroxylation sites is 1. The molecular weight excluding hydrogens is 420 g/mol. The lowest BCUT2D eigenvalue weighted by molar-refractivity contribution is -0.153. The lowest BCUT2D eigenvalue weighted by Crippen LogP contribution is -2.29. The van der Waals surface area contributed by atoms with Crippen LogP contribution in [0.2, 0.25) is 5.15 Å². The largest absolute Gasteiger partial charge is 0.479 e. The Morgan fingerprint density at radius 2 is 1.81 bits per heavy atom. The van der Waals surface area contributed by atoms with Gasteiger partial charge in [-0.3, -0.25) is 0 Å². The van der Waals surface area contributed by atoms with Crippen molar-refractivity contribution in [3.8, 4) is 0 Å². The summed E-state index contributed by atoms with van der Waals surface area (Å²) in [6.45, 7) is 3.57. The van der Waals surface area contributed by atoms with Crippen LogP contribution in [0.4, 0.5) is 16.2 Å². The molecule has 2 aromatic carbocycles. The van der Waals surface area contributed by atoms with Crippen molar-refractivity contribution in [1.29, 1.82) is 0 Å². The van der Waals surface area contributed by atoms with Gasteiger partial charge in [0.15, 0.2) is 11.3 Å². The molecule has 31 heavy (non-hydrogen) atoms. The number of rotatable bonds is 7. The highest BCUT2D eigenvalue weighted by molar-refractivity contribution is 6.33. The van der Waals surface area contributed by atoms with Crippen molar-refractivity contribution in [3.05, 3.63) is 65.3 Å². The van der Waals surface area contributed by atoms with Crippen LogP contribution < -0.4 is 4.90 Å². The molecule has 3 rings (SSSR count). The molecule has 1 aromatic heterocycles. The van der Waals surface area contributed by atoms with E-state index in [9.17, 15) is 14.7 Å². The van der Waals surface area contributed by atoms with Crippen molar-refractivity contribution in [2.75, 3.05) is 12.0 Å². The lowest BCUT2D eigenvalue weighted by Gasteiger charge is -2.23. The number of carbonyl (C=O) groups is 2. The maximum Gasteiger partial charge on any atom is 0.418 e. The lowest BCUT2D eigenvalue weighted by atomic mass is 10.1. The highest BCUT2D eigenvalue weighted by atomic mass is 35.5. The normalized spacial score (nSPS) is 12.0. The number of ether oxygens (including phenoxy) is 2. The standard InChI is InChI=1S/C23H23ClN2O5/c1-14(2)31-20(22(27)28)12-15-8-10-17(11-9-15)26(23(29)30-3)19-13-16-6-4-5-7-18(16)25-21(19)24/h4-11,13-14,20H,12H2,1-3H3,(H,27,28). The zero-order chi connectivity index (χ0) is 22.5. The quantitative estimate of drug-likeness (QED) is 0.505. The Morgan fingerprint density at radius 3 is 2.42 bits per heavy atom. The van der Waals surface area contributed by atoms with Crippen molar-refractivity contribution >= 4 is 45.9 Å². The molecule has 0 fully saturated rings. The Morgan fingerprint density at radius 1 is 1.13 bits per heavy atom. The number of methoxy groups -OCH3 is 1. The minimum absolute atomic E-state index is 0.157. The second-order valence-electron chi connectivity index (χ2n) is 7.18. The molecule has 3 aromatic rings. The molecule has 0 saturated heterocycles. The van der Waals surface area contributed by atoms with E-state index in [1.54, 1.807) is 44.2 Å². The predicted octanol–water partition coefficient (Wildman–Crippen LogP) is 5.21. The van der Waals surface area contributed by atoms with Crippen LogP contribution in [0.25, 0.3) is 10.9 Å². The maximum atomic E-state index is 12.6.